The highest BCUT2D eigenvalue weighted by Crippen LogP contribution is 2.36. The molecule has 2 unspecified atom stereocenters. The number of para-hydroxylation sites is 2. The van der Waals surface area contributed by atoms with Gasteiger partial charge in [0.15, 0.2) is 0 Å². The summed E-state index contributed by atoms with van der Waals surface area (Å²) in [5.41, 5.74) is 2.20. The number of carbonyl (C=O) groups is 1. The van der Waals surface area contributed by atoms with Crippen LogP contribution in [0.3, 0.4) is 0 Å². The Kier molecular flexibility index (Phi) is 4.28. The molecule has 134 valence electrons. The molecule has 5 nitrogen and oxygen atoms in total. The molecule has 5 heteroatoms. The zero-order valence-corrected chi connectivity index (χ0v) is 15.4. The van der Waals surface area contributed by atoms with Gasteiger partial charge in [0.1, 0.15) is 5.82 Å². The van der Waals surface area contributed by atoms with Crippen molar-refractivity contribution < 1.29 is 4.79 Å². The molecule has 0 spiro atoms. The largest absolute Gasteiger partial charge is 0.332 e. The maximum Gasteiger partial charge on any atom is 0.226 e. The van der Waals surface area contributed by atoms with E-state index in [1.807, 2.05) is 6.07 Å². The van der Waals surface area contributed by atoms with Crippen LogP contribution >= 0.6 is 0 Å². The lowest BCUT2D eigenvalue weighted by atomic mass is 9.88. The number of likely N-dealkylation sites (tertiary alicyclic amines) is 1. The first kappa shape index (κ1) is 16.6. The van der Waals surface area contributed by atoms with Crippen LogP contribution in [0.4, 0.5) is 0 Å². The van der Waals surface area contributed by atoms with Crippen LogP contribution in [0.25, 0.3) is 11.0 Å². The molecule has 4 rings (SSSR count). The quantitative estimate of drug-likeness (QED) is 0.930. The minimum atomic E-state index is 0.0960. The summed E-state index contributed by atoms with van der Waals surface area (Å²) in [6.07, 6.45) is 2.07. The zero-order chi connectivity index (χ0) is 17.6. The Labute approximate surface area is 149 Å². The highest BCUT2D eigenvalue weighted by Gasteiger charge is 2.39. The van der Waals surface area contributed by atoms with Crippen molar-refractivity contribution in [3.05, 3.63) is 30.1 Å². The first-order valence-corrected chi connectivity index (χ1v) is 9.56. The third-order valence-corrected chi connectivity index (χ3v) is 5.88. The summed E-state index contributed by atoms with van der Waals surface area (Å²) >= 11 is 0. The zero-order valence-electron chi connectivity index (χ0n) is 15.4. The Morgan fingerprint density at radius 3 is 2.68 bits per heavy atom. The second-order valence-corrected chi connectivity index (χ2v) is 7.82. The molecular formula is C20H28N4O. The highest BCUT2D eigenvalue weighted by atomic mass is 16.2. The Hall–Kier alpha value is -1.88. The standard InChI is InChI=1S/C20H28N4O/c1-13(2)24-17-8-5-4-7-16(17)22-19(24)18-9-6-10-23(18)20(25)14(3)15-11-21-12-15/h4-5,7-8,13-15,18,21H,6,9-12H2,1-3H3. The second-order valence-electron chi connectivity index (χ2n) is 7.82. The van der Waals surface area contributed by atoms with Crippen molar-refractivity contribution in [1.29, 1.82) is 0 Å². The lowest BCUT2D eigenvalue weighted by molar-refractivity contribution is -0.138. The Morgan fingerprint density at radius 1 is 1.24 bits per heavy atom. The summed E-state index contributed by atoms with van der Waals surface area (Å²) in [5.74, 6) is 1.94. The average molecular weight is 340 g/mol. The van der Waals surface area contributed by atoms with Crippen LogP contribution in [-0.4, -0.2) is 40.0 Å². The van der Waals surface area contributed by atoms with Crippen LogP contribution in [-0.2, 0) is 4.79 Å². The van der Waals surface area contributed by atoms with E-state index in [1.54, 1.807) is 0 Å². The molecule has 0 saturated carbocycles. The molecule has 0 radical (unpaired) electrons. The summed E-state index contributed by atoms with van der Waals surface area (Å²) in [5, 5.41) is 3.29. The van der Waals surface area contributed by atoms with E-state index in [9.17, 15) is 4.79 Å². The van der Waals surface area contributed by atoms with Gasteiger partial charge in [0.2, 0.25) is 5.91 Å². The third kappa shape index (κ3) is 2.74. The van der Waals surface area contributed by atoms with Crippen molar-refractivity contribution in [2.45, 2.75) is 45.7 Å². The fourth-order valence-corrected chi connectivity index (χ4v) is 4.27. The normalized spacial score (nSPS) is 22.6. The predicted molar refractivity (Wildman–Crippen MR) is 99.3 cm³/mol. The molecule has 2 aromatic rings. The molecule has 2 aliphatic rings. The Balaban J connectivity index is 1.69. The van der Waals surface area contributed by atoms with E-state index in [1.165, 1.54) is 5.52 Å². The molecule has 1 amide bonds. The first-order valence-electron chi connectivity index (χ1n) is 9.56. The molecule has 1 aromatic heterocycles. The SMILES string of the molecule is CC(C(=O)N1CCCC1c1nc2ccccc2n1C(C)C)C1CNC1. The smallest absolute Gasteiger partial charge is 0.226 e. The number of fused-ring (bicyclic) bond motifs is 1. The van der Waals surface area contributed by atoms with Crippen LogP contribution in [0.5, 0.6) is 0 Å². The number of nitrogens with one attached hydrogen (secondary N) is 1. The van der Waals surface area contributed by atoms with E-state index in [0.29, 0.717) is 17.9 Å². The molecule has 1 N–H and O–H groups in total. The number of imidazole rings is 1. The number of carbonyl (C=O) groups excluding carboxylic acids is 1. The molecule has 3 heterocycles. The fourth-order valence-electron chi connectivity index (χ4n) is 4.27. The van der Waals surface area contributed by atoms with Crippen LogP contribution in [0, 0.1) is 11.8 Å². The predicted octanol–water partition coefficient (Wildman–Crippen LogP) is 3.14. The summed E-state index contributed by atoms with van der Waals surface area (Å²) < 4.78 is 2.32. The minimum Gasteiger partial charge on any atom is -0.332 e. The van der Waals surface area contributed by atoms with Gasteiger partial charge in [0.25, 0.3) is 0 Å². The molecule has 1 aromatic carbocycles. The van der Waals surface area contributed by atoms with E-state index in [4.69, 9.17) is 4.98 Å². The number of hydrogen-bond acceptors (Lipinski definition) is 3. The van der Waals surface area contributed by atoms with Crippen molar-refractivity contribution in [2.24, 2.45) is 11.8 Å². The van der Waals surface area contributed by atoms with Crippen molar-refractivity contribution >= 4 is 16.9 Å². The van der Waals surface area contributed by atoms with E-state index < -0.39 is 0 Å². The third-order valence-electron chi connectivity index (χ3n) is 5.88. The van der Waals surface area contributed by atoms with Crippen molar-refractivity contribution in [2.75, 3.05) is 19.6 Å². The number of benzene rings is 1. The van der Waals surface area contributed by atoms with E-state index in [0.717, 1.165) is 43.8 Å². The average Bonchev–Trinajstić information content (AvgIpc) is 3.16. The minimum absolute atomic E-state index is 0.0960. The molecule has 2 aliphatic heterocycles. The van der Waals surface area contributed by atoms with E-state index in [2.05, 4.69) is 53.8 Å². The van der Waals surface area contributed by atoms with Crippen molar-refractivity contribution in [3.63, 3.8) is 0 Å². The Bertz CT molecular complexity index is 777. The lowest BCUT2D eigenvalue weighted by Crippen LogP contribution is -2.50. The Morgan fingerprint density at radius 2 is 2.00 bits per heavy atom. The monoisotopic (exact) mass is 340 g/mol. The molecule has 25 heavy (non-hydrogen) atoms. The van der Waals surface area contributed by atoms with Gasteiger partial charge in [-0.05, 0) is 57.8 Å². The number of amides is 1. The van der Waals surface area contributed by atoms with Crippen LogP contribution < -0.4 is 5.32 Å². The van der Waals surface area contributed by atoms with Gasteiger partial charge in [-0.1, -0.05) is 19.1 Å². The number of nitrogens with zero attached hydrogens (tertiary/aromatic N) is 3. The summed E-state index contributed by atoms with van der Waals surface area (Å²) in [4.78, 5) is 20.2. The summed E-state index contributed by atoms with van der Waals surface area (Å²) in [6.45, 7) is 9.28. The van der Waals surface area contributed by atoms with Gasteiger partial charge in [-0.25, -0.2) is 4.98 Å². The van der Waals surface area contributed by atoms with Crippen LogP contribution in [0.2, 0.25) is 0 Å². The highest BCUT2D eigenvalue weighted by molar-refractivity contribution is 5.80. The van der Waals surface area contributed by atoms with Crippen molar-refractivity contribution in [3.8, 4) is 0 Å². The molecule has 2 fully saturated rings. The number of aromatic nitrogens is 2. The van der Waals surface area contributed by atoms with Gasteiger partial charge in [-0.15, -0.1) is 0 Å². The fraction of sp³-hybridized carbons (Fsp3) is 0.600. The second kappa shape index (κ2) is 6.45. The molecular weight excluding hydrogens is 312 g/mol. The van der Waals surface area contributed by atoms with Crippen LogP contribution in [0.15, 0.2) is 24.3 Å². The van der Waals surface area contributed by atoms with Gasteiger partial charge in [-0.3, -0.25) is 4.79 Å². The maximum atomic E-state index is 13.1. The van der Waals surface area contributed by atoms with Crippen molar-refractivity contribution in [1.82, 2.24) is 19.8 Å². The molecule has 2 saturated heterocycles. The summed E-state index contributed by atoms with van der Waals surface area (Å²) in [7, 11) is 0. The molecule has 0 bridgehead atoms. The number of rotatable bonds is 4. The van der Waals surface area contributed by atoms with Gasteiger partial charge in [0, 0.05) is 18.5 Å². The van der Waals surface area contributed by atoms with Crippen LogP contribution in [0.1, 0.15) is 51.5 Å². The summed E-state index contributed by atoms with van der Waals surface area (Å²) in [6, 6.07) is 8.74. The molecule has 2 atom stereocenters. The lowest BCUT2D eigenvalue weighted by Gasteiger charge is -2.35. The van der Waals surface area contributed by atoms with Gasteiger partial charge in [-0.2, -0.15) is 0 Å². The number of hydrogen-bond donors (Lipinski definition) is 1. The maximum absolute atomic E-state index is 13.1. The van der Waals surface area contributed by atoms with E-state index in [-0.39, 0.29) is 12.0 Å². The van der Waals surface area contributed by atoms with Gasteiger partial charge < -0.3 is 14.8 Å². The topological polar surface area (TPSA) is 50.2 Å². The first-order chi connectivity index (χ1) is 12.1. The van der Waals surface area contributed by atoms with E-state index >= 15 is 0 Å². The van der Waals surface area contributed by atoms with Gasteiger partial charge in [0.05, 0.1) is 17.1 Å². The molecule has 0 aliphatic carbocycles. The van der Waals surface area contributed by atoms with Gasteiger partial charge >= 0.3 is 0 Å².